The Hall–Kier alpha value is -2.49. The van der Waals surface area contributed by atoms with Crippen LogP contribution in [0.2, 0.25) is 0 Å². The first-order valence-corrected chi connectivity index (χ1v) is 14.3. The monoisotopic (exact) mass is 552 g/mol. The molecular formula is C29H52N4O6. The maximum absolute atomic E-state index is 13.6. The van der Waals surface area contributed by atoms with E-state index in [2.05, 4.69) is 16.0 Å². The molecule has 1 rings (SSSR count). The van der Waals surface area contributed by atoms with Crippen molar-refractivity contribution in [3.05, 3.63) is 0 Å². The molecule has 0 saturated carbocycles. The van der Waals surface area contributed by atoms with E-state index >= 15 is 0 Å². The number of amides is 4. The maximum Gasteiger partial charge on any atom is 0.243 e. The zero-order valence-electron chi connectivity index (χ0n) is 25.8. The highest BCUT2D eigenvalue weighted by Crippen LogP contribution is 2.29. The number of hydrogen-bond acceptors (Lipinski definition) is 6. The maximum atomic E-state index is 13.6. The highest BCUT2D eigenvalue weighted by Gasteiger charge is 2.50. The molecule has 0 unspecified atom stereocenters. The molecule has 0 aromatic carbocycles. The lowest BCUT2D eigenvalue weighted by molar-refractivity contribution is -0.141. The fourth-order valence-corrected chi connectivity index (χ4v) is 4.54. The van der Waals surface area contributed by atoms with Crippen LogP contribution >= 0.6 is 0 Å². The average Bonchev–Trinajstić information content (AvgIpc) is 3.61. The van der Waals surface area contributed by atoms with Crippen LogP contribution in [0.25, 0.3) is 0 Å². The van der Waals surface area contributed by atoms with Crippen molar-refractivity contribution in [3.63, 3.8) is 0 Å². The average molecular weight is 553 g/mol. The number of epoxide rings is 1. The number of ketones is 1. The minimum atomic E-state index is -0.915. The number of likely N-dealkylation sites (N-methyl/N-ethyl adjacent to an activating group) is 1. The molecule has 39 heavy (non-hydrogen) atoms. The van der Waals surface area contributed by atoms with Crippen LogP contribution in [0.15, 0.2) is 0 Å². The van der Waals surface area contributed by atoms with Gasteiger partial charge in [-0.1, -0.05) is 68.2 Å². The van der Waals surface area contributed by atoms with Crippen LogP contribution in [0.3, 0.4) is 0 Å². The van der Waals surface area contributed by atoms with Crippen LogP contribution in [0.4, 0.5) is 0 Å². The van der Waals surface area contributed by atoms with Gasteiger partial charge in [-0.25, -0.2) is 0 Å². The molecule has 1 aliphatic rings. The fourth-order valence-electron chi connectivity index (χ4n) is 4.54. The molecule has 10 heteroatoms. The van der Waals surface area contributed by atoms with Gasteiger partial charge in [-0.2, -0.15) is 0 Å². The Kier molecular flexibility index (Phi) is 13.1. The third kappa shape index (κ3) is 9.58. The van der Waals surface area contributed by atoms with Gasteiger partial charge < -0.3 is 25.6 Å². The summed E-state index contributed by atoms with van der Waals surface area (Å²) in [5, 5.41) is 8.56. The smallest absolute Gasteiger partial charge is 0.243 e. The molecule has 0 aromatic rings. The largest absolute Gasteiger partial charge is 0.361 e. The number of ether oxygens (including phenoxy) is 1. The Morgan fingerprint density at radius 3 is 1.72 bits per heavy atom. The van der Waals surface area contributed by atoms with Crippen molar-refractivity contribution in [2.45, 2.75) is 118 Å². The molecule has 0 spiro atoms. The van der Waals surface area contributed by atoms with E-state index in [1.807, 2.05) is 55.4 Å². The minimum absolute atomic E-state index is 0.124. The Labute approximate surface area is 234 Å². The molecular weight excluding hydrogens is 500 g/mol. The van der Waals surface area contributed by atoms with Gasteiger partial charge >= 0.3 is 0 Å². The lowest BCUT2D eigenvalue weighted by Crippen LogP contribution is -2.61. The van der Waals surface area contributed by atoms with E-state index in [0.717, 1.165) is 0 Å². The van der Waals surface area contributed by atoms with Crippen molar-refractivity contribution in [1.82, 2.24) is 20.9 Å². The predicted molar refractivity (Wildman–Crippen MR) is 151 cm³/mol. The summed E-state index contributed by atoms with van der Waals surface area (Å²) in [4.78, 5) is 66.8. The standard InChI is InChI=1S/C29H52N4O6/c1-12-18(7)23(32-28(38)24(19(8)13-2)33(11)20(9)34)27(37)31-22(17(5)6)26(36)30-21(14-16(3)4)25(35)29(10)15-39-29/h16-19,21-24H,12-15H2,1-11H3,(H,30,36)(H,31,37)(H,32,38)/t18-,19-,21-,22-,23-,24-,29+/m0/s1. The van der Waals surface area contributed by atoms with Gasteiger partial charge in [0.25, 0.3) is 0 Å². The van der Waals surface area contributed by atoms with E-state index < -0.39 is 47.5 Å². The van der Waals surface area contributed by atoms with E-state index in [1.165, 1.54) is 11.8 Å². The van der Waals surface area contributed by atoms with E-state index in [0.29, 0.717) is 25.9 Å². The predicted octanol–water partition coefficient (Wildman–Crippen LogP) is 2.44. The second kappa shape index (κ2) is 14.8. The van der Waals surface area contributed by atoms with Crippen molar-refractivity contribution in [2.24, 2.45) is 23.7 Å². The van der Waals surface area contributed by atoms with Crippen LogP contribution in [0.1, 0.15) is 88.5 Å². The molecule has 4 amide bonds. The zero-order chi connectivity index (χ0) is 30.2. The van der Waals surface area contributed by atoms with Crippen LogP contribution in [0.5, 0.6) is 0 Å². The highest BCUT2D eigenvalue weighted by atomic mass is 16.6. The molecule has 1 heterocycles. The molecule has 0 aromatic heterocycles. The summed E-state index contributed by atoms with van der Waals surface area (Å²) in [7, 11) is 1.58. The lowest BCUT2D eigenvalue weighted by Gasteiger charge is -2.34. The zero-order valence-corrected chi connectivity index (χ0v) is 25.8. The molecule has 0 radical (unpaired) electrons. The molecule has 1 fully saturated rings. The first-order chi connectivity index (χ1) is 18.0. The van der Waals surface area contributed by atoms with Crippen LogP contribution < -0.4 is 16.0 Å². The fraction of sp³-hybridized carbons (Fsp3) is 0.828. The first-order valence-electron chi connectivity index (χ1n) is 14.3. The minimum Gasteiger partial charge on any atom is -0.361 e. The van der Waals surface area contributed by atoms with Gasteiger partial charge in [-0.3, -0.25) is 24.0 Å². The quantitative estimate of drug-likeness (QED) is 0.252. The van der Waals surface area contributed by atoms with Crippen molar-refractivity contribution >= 4 is 29.4 Å². The van der Waals surface area contributed by atoms with Crippen molar-refractivity contribution in [3.8, 4) is 0 Å². The van der Waals surface area contributed by atoms with Gasteiger partial charge in [0.1, 0.15) is 23.7 Å². The summed E-state index contributed by atoms with van der Waals surface area (Å²) in [6, 6.07) is -3.28. The number of rotatable bonds is 16. The Morgan fingerprint density at radius 1 is 0.821 bits per heavy atom. The third-order valence-electron chi connectivity index (χ3n) is 7.84. The van der Waals surface area contributed by atoms with Gasteiger partial charge in [-0.05, 0) is 37.0 Å². The van der Waals surface area contributed by atoms with Crippen LogP contribution in [-0.2, 0) is 28.7 Å². The Morgan fingerprint density at radius 2 is 1.31 bits per heavy atom. The second-order valence-electron chi connectivity index (χ2n) is 12.1. The molecule has 0 aliphatic carbocycles. The summed E-state index contributed by atoms with van der Waals surface area (Å²) in [5.74, 6) is -2.23. The highest BCUT2D eigenvalue weighted by molar-refractivity contribution is 5.98. The summed E-state index contributed by atoms with van der Waals surface area (Å²) >= 11 is 0. The topological polar surface area (TPSA) is 137 Å². The number of carbonyl (C=O) groups excluding carboxylic acids is 5. The van der Waals surface area contributed by atoms with Crippen molar-refractivity contribution in [1.29, 1.82) is 0 Å². The van der Waals surface area contributed by atoms with Gasteiger partial charge in [0, 0.05) is 14.0 Å². The Balaban J connectivity index is 3.15. The molecule has 224 valence electrons. The normalized spacial score (nSPS) is 21.3. The molecule has 1 aliphatic heterocycles. The van der Waals surface area contributed by atoms with Crippen molar-refractivity contribution < 1.29 is 28.7 Å². The number of carbonyl (C=O) groups is 5. The Bertz CT molecular complexity index is 885. The molecule has 10 nitrogen and oxygen atoms in total. The van der Waals surface area contributed by atoms with E-state index in [-0.39, 0.29) is 35.4 Å². The molecule has 1 saturated heterocycles. The van der Waals surface area contributed by atoms with Crippen LogP contribution in [0, 0.1) is 23.7 Å². The van der Waals surface area contributed by atoms with E-state index in [9.17, 15) is 24.0 Å². The van der Waals surface area contributed by atoms with Crippen molar-refractivity contribution in [2.75, 3.05) is 13.7 Å². The SMILES string of the molecule is CC[C@H](C)[C@H](NC(=O)[C@H]([C@@H](C)CC)N(C)C(C)=O)C(=O)N[C@H](C(=O)N[C@@H](CC(C)C)C(=O)[C@@]1(C)CO1)C(C)C. The van der Waals surface area contributed by atoms with Gasteiger partial charge in [0.2, 0.25) is 23.6 Å². The lowest BCUT2D eigenvalue weighted by atomic mass is 9.92. The van der Waals surface area contributed by atoms with Gasteiger partial charge in [0.15, 0.2) is 5.78 Å². The van der Waals surface area contributed by atoms with Gasteiger partial charge in [0.05, 0.1) is 12.6 Å². The summed E-state index contributed by atoms with van der Waals surface area (Å²) in [5.41, 5.74) is -0.880. The van der Waals surface area contributed by atoms with E-state index in [1.54, 1.807) is 14.0 Å². The molecule has 7 atom stereocenters. The summed E-state index contributed by atoms with van der Waals surface area (Å²) in [6.07, 6.45) is 1.73. The second-order valence-corrected chi connectivity index (χ2v) is 12.1. The third-order valence-corrected chi connectivity index (χ3v) is 7.84. The molecule has 3 N–H and O–H groups in total. The van der Waals surface area contributed by atoms with Crippen LogP contribution in [-0.4, -0.2) is 77.7 Å². The first kappa shape index (κ1) is 34.5. The number of nitrogens with one attached hydrogen (secondary N) is 3. The summed E-state index contributed by atoms with van der Waals surface area (Å²) < 4.78 is 5.32. The summed E-state index contributed by atoms with van der Waals surface area (Å²) in [6.45, 7) is 18.6. The number of Topliss-reactive ketones (excluding diaryl/α,β-unsaturated/α-hetero) is 1. The van der Waals surface area contributed by atoms with Gasteiger partial charge in [-0.15, -0.1) is 0 Å². The number of nitrogens with zero attached hydrogens (tertiary/aromatic N) is 1. The number of hydrogen-bond donors (Lipinski definition) is 3. The van der Waals surface area contributed by atoms with E-state index in [4.69, 9.17) is 4.74 Å². The molecule has 0 bridgehead atoms.